The highest BCUT2D eigenvalue weighted by Gasteiger charge is 2.30. The maximum Gasteiger partial charge on any atom is 0.323 e. The normalized spacial score (nSPS) is 13.7. The summed E-state index contributed by atoms with van der Waals surface area (Å²) in [6.45, 7) is 1.29. The lowest BCUT2D eigenvalue weighted by Crippen LogP contribution is -2.51. The molecule has 0 radical (unpaired) electrons. The number of amides is 2. The highest BCUT2D eigenvalue weighted by molar-refractivity contribution is 5.92. The van der Waals surface area contributed by atoms with Crippen LogP contribution in [-0.2, 0) is 6.42 Å². The number of nitrogens with one attached hydrogen (secondary N) is 1. The molecule has 3 aromatic rings. The number of rotatable bonds is 5. The van der Waals surface area contributed by atoms with Gasteiger partial charge < -0.3 is 10.6 Å². The highest BCUT2D eigenvalue weighted by Crippen LogP contribution is 2.27. The Kier molecular flexibility index (Phi) is 5.56. The van der Waals surface area contributed by atoms with Crippen LogP contribution in [0.25, 0.3) is 11.3 Å². The van der Waals surface area contributed by atoms with Gasteiger partial charge in [-0.3, -0.25) is 10.3 Å². The number of nitrogens with zero attached hydrogens (tertiary/aromatic N) is 3. The zero-order chi connectivity index (χ0) is 21.1. The summed E-state index contributed by atoms with van der Waals surface area (Å²) in [4.78, 5) is 22.8. The summed E-state index contributed by atoms with van der Waals surface area (Å²) in [5, 5.41) is 2.69. The molecule has 6 nitrogen and oxygen atoms in total. The fourth-order valence-electron chi connectivity index (χ4n) is 3.41. The number of likely N-dealkylation sites (tertiary alicyclic amines) is 1. The van der Waals surface area contributed by atoms with Crippen molar-refractivity contribution in [3.05, 3.63) is 72.1 Å². The van der Waals surface area contributed by atoms with E-state index in [9.17, 15) is 13.6 Å². The van der Waals surface area contributed by atoms with Gasteiger partial charge >= 0.3 is 6.03 Å². The summed E-state index contributed by atoms with van der Waals surface area (Å²) < 4.78 is 27.2. The van der Waals surface area contributed by atoms with Crippen molar-refractivity contribution in [2.45, 2.75) is 12.8 Å². The van der Waals surface area contributed by atoms with Crippen molar-refractivity contribution in [2.75, 3.05) is 24.1 Å². The molecule has 0 spiro atoms. The Hall–Kier alpha value is -3.55. The third-order valence-corrected chi connectivity index (χ3v) is 5.14. The molecule has 1 aliphatic rings. The van der Waals surface area contributed by atoms with Gasteiger partial charge in [-0.15, -0.1) is 0 Å². The quantitative estimate of drug-likeness (QED) is 0.665. The minimum atomic E-state index is -0.733. The van der Waals surface area contributed by atoms with E-state index in [2.05, 4.69) is 15.3 Å². The molecule has 4 rings (SSSR count). The van der Waals surface area contributed by atoms with Gasteiger partial charge in [0.1, 0.15) is 11.6 Å². The smallest absolute Gasteiger partial charge is 0.323 e. The Balaban J connectivity index is 1.36. The molecule has 1 saturated heterocycles. The van der Waals surface area contributed by atoms with Crippen LogP contribution in [0.4, 0.5) is 25.1 Å². The molecule has 2 amide bonds. The number of nitrogens with two attached hydrogens (primary N) is 1. The molecule has 0 atom stereocenters. The predicted molar refractivity (Wildman–Crippen MR) is 111 cm³/mol. The number of halogens is 2. The van der Waals surface area contributed by atoms with Gasteiger partial charge in [0.25, 0.3) is 0 Å². The number of nitrogen functional groups attached to an aromatic ring is 1. The summed E-state index contributed by atoms with van der Waals surface area (Å²) in [5.74, 6) is -0.834. The third kappa shape index (κ3) is 4.37. The zero-order valence-electron chi connectivity index (χ0n) is 16.2. The molecule has 1 aromatic carbocycles. The number of hydrogen-bond acceptors (Lipinski definition) is 4. The van der Waals surface area contributed by atoms with Crippen LogP contribution in [0.5, 0.6) is 0 Å². The van der Waals surface area contributed by atoms with E-state index in [1.165, 1.54) is 18.2 Å². The van der Waals surface area contributed by atoms with Crippen LogP contribution in [0.15, 0.2) is 54.7 Å². The van der Waals surface area contributed by atoms with Crippen molar-refractivity contribution in [3.8, 4) is 11.3 Å². The first-order valence-corrected chi connectivity index (χ1v) is 9.67. The highest BCUT2D eigenvalue weighted by atomic mass is 19.1. The van der Waals surface area contributed by atoms with E-state index in [1.807, 2.05) is 18.2 Å². The number of hydrogen-bond donors (Lipinski definition) is 2. The van der Waals surface area contributed by atoms with E-state index in [-0.39, 0.29) is 28.8 Å². The Morgan fingerprint density at radius 1 is 1.17 bits per heavy atom. The SMILES string of the molecule is Nc1ccc(-c2ccc(F)cc2F)nc1NC(=O)N1CC(CCc2ccccn2)C1. The van der Waals surface area contributed by atoms with E-state index >= 15 is 0 Å². The summed E-state index contributed by atoms with van der Waals surface area (Å²) in [5.41, 5.74) is 7.62. The molecule has 1 aliphatic heterocycles. The number of aromatic nitrogens is 2. The lowest BCUT2D eigenvalue weighted by molar-refractivity contribution is 0.125. The van der Waals surface area contributed by atoms with Crippen LogP contribution >= 0.6 is 0 Å². The molecule has 2 aromatic heterocycles. The van der Waals surface area contributed by atoms with Crippen LogP contribution in [0, 0.1) is 17.6 Å². The fraction of sp³-hybridized carbons (Fsp3) is 0.227. The Bertz CT molecular complexity index is 1050. The lowest BCUT2D eigenvalue weighted by Gasteiger charge is -2.39. The second kappa shape index (κ2) is 8.44. The van der Waals surface area contributed by atoms with Gasteiger partial charge in [0.15, 0.2) is 5.82 Å². The number of urea groups is 1. The molecule has 154 valence electrons. The van der Waals surface area contributed by atoms with Gasteiger partial charge in [0, 0.05) is 36.6 Å². The van der Waals surface area contributed by atoms with Crippen molar-refractivity contribution < 1.29 is 13.6 Å². The zero-order valence-corrected chi connectivity index (χ0v) is 16.2. The number of pyridine rings is 2. The first-order valence-electron chi connectivity index (χ1n) is 9.67. The molecule has 8 heteroatoms. The van der Waals surface area contributed by atoms with Crippen LogP contribution in [-0.4, -0.2) is 34.0 Å². The Morgan fingerprint density at radius 2 is 2.00 bits per heavy atom. The molecule has 1 fully saturated rings. The molecule has 0 bridgehead atoms. The average Bonchev–Trinajstić information content (AvgIpc) is 2.69. The van der Waals surface area contributed by atoms with Crippen molar-refractivity contribution in [2.24, 2.45) is 5.92 Å². The van der Waals surface area contributed by atoms with Crippen molar-refractivity contribution in [3.63, 3.8) is 0 Å². The second-order valence-corrected chi connectivity index (χ2v) is 7.32. The largest absolute Gasteiger partial charge is 0.396 e. The lowest BCUT2D eigenvalue weighted by atomic mass is 9.94. The number of benzene rings is 1. The number of aryl methyl sites for hydroxylation is 1. The number of carbonyl (C=O) groups excluding carboxylic acids is 1. The van der Waals surface area contributed by atoms with E-state index < -0.39 is 11.6 Å². The summed E-state index contributed by atoms with van der Waals surface area (Å²) in [6.07, 6.45) is 3.61. The van der Waals surface area contributed by atoms with Crippen molar-refractivity contribution >= 4 is 17.5 Å². The summed E-state index contributed by atoms with van der Waals surface area (Å²) in [6, 6.07) is 11.8. The molecule has 0 saturated carbocycles. The van der Waals surface area contributed by atoms with Crippen LogP contribution in [0.2, 0.25) is 0 Å². The van der Waals surface area contributed by atoms with Gasteiger partial charge in [0.2, 0.25) is 0 Å². The van der Waals surface area contributed by atoms with Gasteiger partial charge in [-0.05, 0) is 55.2 Å². The Morgan fingerprint density at radius 3 is 2.73 bits per heavy atom. The fourth-order valence-corrected chi connectivity index (χ4v) is 3.41. The monoisotopic (exact) mass is 409 g/mol. The maximum atomic E-state index is 14.0. The minimum Gasteiger partial charge on any atom is -0.396 e. The van der Waals surface area contributed by atoms with Crippen LogP contribution < -0.4 is 11.1 Å². The molecule has 3 N–H and O–H groups in total. The standard InChI is InChI=1S/C22H21F2N5O/c23-15-5-7-17(18(24)11-15)20-9-8-19(25)21(27-20)28-22(30)29-12-14(13-29)4-6-16-3-1-2-10-26-16/h1-3,5,7-11,14H,4,6,12-13,25H2,(H,27,28,30). The second-order valence-electron chi connectivity index (χ2n) is 7.32. The first-order chi connectivity index (χ1) is 14.5. The molecule has 0 unspecified atom stereocenters. The Labute approximate surface area is 172 Å². The van der Waals surface area contributed by atoms with Crippen molar-refractivity contribution in [1.29, 1.82) is 0 Å². The molecule has 3 heterocycles. The number of carbonyl (C=O) groups is 1. The third-order valence-electron chi connectivity index (χ3n) is 5.14. The summed E-state index contributed by atoms with van der Waals surface area (Å²) >= 11 is 0. The maximum absolute atomic E-state index is 14.0. The molecule has 0 aliphatic carbocycles. The van der Waals surface area contributed by atoms with E-state index in [0.29, 0.717) is 19.0 Å². The predicted octanol–water partition coefficient (Wildman–Crippen LogP) is 4.10. The van der Waals surface area contributed by atoms with E-state index in [4.69, 9.17) is 5.73 Å². The van der Waals surface area contributed by atoms with E-state index in [0.717, 1.165) is 30.7 Å². The first kappa shape index (κ1) is 19.8. The van der Waals surface area contributed by atoms with Crippen molar-refractivity contribution in [1.82, 2.24) is 14.9 Å². The van der Waals surface area contributed by atoms with Gasteiger partial charge in [-0.2, -0.15) is 0 Å². The van der Waals surface area contributed by atoms with Crippen LogP contribution in [0.3, 0.4) is 0 Å². The number of anilines is 2. The molecular weight excluding hydrogens is 388 g/mol. The minimum absolute atomic E-state index is 0.130. The van der Waals surface area contributed by atoms with Gasteiger partial charge in [-0.25, -0.2) is 18.6 Å². The average molecular weight is 409 g/mol. The van der Waals surface area contributed by atoms with E-state index in [1.54, 1.807) is 11.1 Å². The summed E-state index contributed by atoms with van der Waals surface area (Å²) in [7, 11) is 0. The van der Waals surface area contributed by atoms with Gasteiger partial charge in [0.05, 0.1) is 11.4 Å². The topological polar surface area (TPSA) is 84.1 Å². The molecular formula is C22H21F2N5O. The molecule has 30 heavy (non-hydrogen) atoms. The van der Waals surface area contributed by atoms with Crippen LogP contribution in [0.1, 0.15) is 12.1 Å². The van der Waals surface area contributed by atoms with Gasteiger partial charge in [-0.1, -0.05) is 6.07 Å².